The second-order valence-electron chi connectivity index (χ2n) is 3.31. The zero-order chi connectivity index (χ0) is 13.1. The molecule has 92 valence electrons. The highest BCUT2D eigenvalue weighted by Crippen LogP contribution is 2.40. The Morgan fingerprint density at radius 1 is 1.41 bits per heavy atom. The highest BCUT2D eigenvalue weighted by atomic mass is 31.2. The molecule has 6 nitrogen and oxygen atoms in total. The van der Waals surface area contributed by atoms with Crippen LogP contribution in [-0.4, -0.2) is 15.7 Å². The highest BCUT2D eigenvalue weighted by Gasteiger charge is 2.18. The summed E-state index contributed by atoms with van der Waals surface area (Å²) in [6.07, 6.45) is 0. The maximum Gasteiger partial charge on any atom is 0.524 e. The zero-order valence-electron chi connectivity index (χ0n) is 9.08. The van der Waals surface area contributed by atoms with Crippen molar-refractivity contribution in [3.63, 3.8) is 0 Å². The minimum Gasteiger partial charge on any atom is -0.402 e. The lowest BCUT2D eigenvalue weighted by Crippen LogP contribution is -2.12. The molecule has 1 amide bonds. The van der Waals surface area contributed by atoms with Gasteiger partial charge in [-0.3, -0.25) is 14.6 Å². The molecule has 0 unspecified atom stereocenters. The molecule has 0 saturated heterocycles. The van der Waals surface area contributed by atoms with E-state index in [-0.39, 0.29) is 17.0 Å². The van der Waals surface area contributed by atoms with Crippen LogP contribution in [0.2, 0.25) is 0 Å². The van der Waals surface area contributed by atoms with Crippen molar-refractivity contribution in [1.29, 1.82) is 0 Å². The number of nitrogens with one attached hydrogen (secondary N) is 1. The van der Waals surface area contributed by atoms with Crippen molar-refractivity contribution in [2.24, 2.45) is 0 Å². The van der Waals surface area contributed by atoms with Crippen molar-refractivity contribution in [1.82, 2.24) is 0 Å². The molecule has 3 N–H and O–H groups in total. The number of amides is 1. The molecule has 0 fully saturated rings. The van der Waals surface area contributed by atoms with E-state index in [0.29, 0.717) is 0 Å². The van der Waals surface area contributed by atoms with Crippen LogP contribution in [0.5, 0.6) is 5.75 Å². The molecular weight excluding hydrogens is 245 g/mol. The largest absolute Gasteiger partial charge is 0.524 e. The first-order valence-corrected chi connectivity index (χ1v) is 6.13. The van der Waals surface area contributed by atoms with Crippen molar-refractivity contribution < 1.29 is 23.7 Å². The van der Waals surface area contributed by atoms with Crippen molar-refractivity contribution in [3.05, 3.63) is 36.4 Å². The Labute approximate surface area is 98.2 Å². The fraction of sp³-hybridized carbons (Fsp3) is 0.100. The average molecular weight is 257 g/mol. The van der Waals surface area contributed by atoms with Gasteiger partial charge in [0.25, 0.3) is 5.91 Å². The minimum atomic E-state index is -4.66. The summed E-state index contributed by atoms with van der Waals surface area (Å²) in [7, 11) is -4.66. The summed E-state index contributed by atoms with van der Waals surface area (Å²) in [5, 5.41) is 2.43. The Balaban J connectivity index is 2.96. The maximum atomic E-state index is 11.4. The van der Waals surface area contributed by atoms with E-state index in [2.05, 4.69) is 16.4 Å². The molecule has 0 aromatic heterocycles. The third-order valence-corrected chi connectivity index (χ3v) is 2.17. The quantitative estimate of drug-likeness (QED) is 0.563. The van der Waals surface area contributed by atoms with Crippen molar-refractivity contribution in [2.45, 2.75) is 6.92 Å². The lowest BCUT2D eigenvalue weighted by Gasteiger charge is -2.12. The molecule has 0 aliphatic heterocycles. The van der Waals surface area contributed by atoms with Gasteiger partial charge in [-0.2, -0.15) is 0 Å². The Hall–Kier alpha value is -1.62. The van der Waals surface area contributed by atoms with Crippen LogP contribution in [0.15, 0.2) is 36.4 Å². The first kappa shape index (κ1) is 13.4. The van der Waals surface area contributed by atoms with E-state index < -0.39 is 13.7 Å². The molecular formula is C10H12NO5P. The van der Waals surface area contributed by atoms with Crippen LogP contribution >= 0.6 is 7.82 Å². The number of benzene rings is 1. The molecule has 0 aliphatic rings. The molecule has 7 heteroatoms. The number of hydrogen-bond donors (Lipinski definition) is 3. The van der Waals surface area contributed by atoms with Gasteiger partial charge in [-0.25, -0.2) is 4.57 Å². The van der Waals surface area contributed by atoms with Crippen molar-refractivity contribution in [2.75, 3.05) is 5.32 Å². The number of rotatable bonds is 4. The van der Waals surface area contributed by atoms with Gasteiger partial charge < -0.3 is 9.84 Å². The average Bonchev–Trinajstić information content (AvgIpc) is 2.18. The molecule has 0 spiro atoms. The number of carbonyl (C=O) groups is 1. The molecule has 0 heterocycles. The number of carbonyl (C=O) groups excluding carboxylic acids is 1. The summed E-state index contributed by atoms with van der Waals surface area (Å²) < 4.78 is 15.2. The van der Waals surface area contributed by atoms with Gasteiger partial charge in [0.05, 0.1) is 5.69 Å². The van der Waals surface area contributed by atoms with E-state index in [0.717, 1.165) is 0 Å². The van der Waals surface area contributed by atoms with Gasteiger partial charge >= 0.3 is 7.82 Å². The number of phosphoric acid groups is 1. The standard InChI is InChI=1S/C10H12NO5P/c1-7(2)10(12)11-8-5-3-4-6-9(8)16-17(13,14)15/h3-6H,1H2,2H3,(H,11,12)(H2,13,14,15). The second kappa shape index (κ2) is 5.14. The monoisotopic (exact) mass is 257 g/mol. The molecule has 1 aromatic carbocycles. The maximum absolute atomic E-state index is 11.4. The van der Waals surface area contributed by atoms with E-state index in [1.54, 1.807) is 6.07 Å². The van der Waals surface area contributed by atoms with E-state index in [1.165, 1.54) is 25.1 Å². The lowest BCUT2D eigenvalue weighted by molar-refractivity contribution is -0.112. The first-order chi connectivity index (χ1) is 7.79. The molecule has 0 atom stereocenters. The Bertz CT molecular complexity index is 493. The topological polar surface area (TPSA) is 95.9 Å². The van der Waals surface area contributed by atoms with Crippen LogP contribution in [0.4, 0.5) is 5.69 Å². The third-order valence-electron chi connectivity index (χ3n) is 1.74. The van der Waals surface area contributed by atoms with Gasteiger partial charge in [0.2, 0.25) is 0 Å². The fourth-order valence-corrected chi connectivity index (χ4v) is 1.42. The van der Waals surface area contributed by atoms with E-state index in [1.807, 2.05) is 0 Å². The third kappa shape index (κ3) is 4.40. The van der Waals surface area contributed by atoms with Crippen molar-refractivity contribution >= 4 is 19.4 Å². The summed E-state index contributed by atoms with van der Waals surface area (Å²) in [4.78, 5) is 28.8. The van der Waals surface area contributed by atoms with Crippen LogP contribution in [0.25, 0.3) is 0 Å². The Morgan fingerprint density at radius 2 is 2.00 bits per heavy atom. The SMILES string of the molecule is C=C(C)C(=O)Nc1ccccc1OP(=O)(O)O. The van der Waals surface area contributed by atoms with Crippen LogP contribution in [0.3, 0.4) is 0 Å². The summed E-state index contributed by atoms with van der Waals surface area (Å²) in [6, 6.07) is 5.93. The first-order valence-electron chi connectivity index (χ1n) is 4.60. The molecule has 0 aliphatic carbocycles. The molecule has 0 radical (unpaired) electrons. The number of para-hydroxylation sites is 2. The predicted molar refractivity (Wildman–Crippen MR) is 62.6 cm³/mol. The summed E-state index contributed by atoms with van der Waals surface area (Å²) >= 11 is 0. The normalized spacial score (nSPS) is 10.8. The Morgan fingerprint density at radius 3 is 2.53 bits per heavy atom. The number of anilines is 1. The summed E-state index contributed by atoms with van der Waals surface area (Å²) in [5.41, 5.74) is 0.444. The second-order valence-corrected chi connectivity index (χ2v) is 4.48. The predicted octanol–water partition coefficient (Wildman–Crippen LogP) is 1.67. The minimum absolute atomic E-state index is 0.101. The highest BCUT2D eigenvalue weighted by molar-refractivity contribution is 7.46. The number of hydrogen-bond acceptors (Lipinski definition) is 3. The molecule has 0 saturated carbocycles. The van der Waals surface area contributed by atoms with E-state index in [4.69, 9.17) is 9.79 Å². The van der Waals surface area contributed by atoms with Gasteiger partial charge in [0, 0.05) is 5.57 Å². The fourth-order valence-electron chi connectivity index (χ4n) is 1.01. The van der Waals surface area contributed by atoms with Gasteiger partial charge in [-0.1, -0.05) is 18.7 Å². The van der Waals surface area contributed by atoms with Gasteiger partial charge in [-0.05, 0) is 19.1 Å². The number of phosphoric ester groups is 1. The van der Waals surface area contributed by atoms with E-state index >= 15 is 0 Å². The summed E-state index contributed by atoms with van der Waals surface area (Å²) in [5.74, 6) is -0.554. The van der Waals surface area contributed by atoms with Crippen molar-refractivity contribution in [3.8, 4) is 5.75 Å². The Kier molecular flexibility index (Phi) is 4.07. The molecule has 17 heavy (non-hydrogen) atoms. The van der Waals surface area contributed by atoms with Crippen LogP contribution < -0.4 is 9.84 Å². The van der Waals surface area contributed by atoms with Gasteiger partial charge in [-0.15, -0.1) is 0 Å². The molecule has 1 aromatic rings. The molecule has 1 rings (SSSR count). The lowest BCUT2D eigenvalue weighted by atomic mass is 10.2. The summed E-state index contributed by atoms with van der Waals surface area (Å²) in [6.45, 7) is 4.96. The van der Waals surface area contributed by atoms with Crippen LogP contribution in [-0.2, 0) is 9.36 Å². The van der Waals surface area contributed by atoms with Gasteiger partial charge in [0.1, 0.15) is 0 Å². The van der Waals surface area contributed by atoms with Crippen LogP contribution in [0, 0.1) is 0 Å². The van der Waals surface area contributed by atoms with Gasteiger partial charge in [0.15, 0.2) is 5.75 Å². The van der Waals surface area contributed by atoms with E-state index in [9.17, 15) is 9.36 Å². The van der Waals surface area contributed by atoms with Crippen LogP contribution in [0.1, 0.15) is 6.92 Å². The molecule has 0 bridgehead atoms. The zero-order valence-corrected chi connectivity index (χ0v) is 9.98. The smallest absolute Gasteiger partial charge is 0.402 e.